The molecule has 1 saturated carbocycles. The Hall–Kier alpha value is -2.20. The molecule has 116 valence electrons. The van der Waals surface area contributed by atoms with Gasteiger partial charge in [-0.15, -0.1) is 11.3 Å². The van der Waals surface area contributed by atoms with Crippen molar-refractivity contribution in [3.8, 4) is 10.4 Å². The van der Waals surface area contributed by atoms with E-state index < -0.39 is 0 Å². The summed E-state index contributed by atoms with van der Waals surface area (Å²) in [5, 5.41) is 1.20. The first kappa shape index (κ1) is 14.4. The number of methoxy groups -OCH3 is 1. The summed E-state index contributed by atoms with van der Waals surface area (Å²) in [7, 11) is 1.42. The number of nitrogens with zero attached hydrogens (tertiary/aromatic N) is 1. The van der Waals surface area contributed by atoms with Crippen LogP contribution in [0.2, 0.25) is 0 Å². The molecule has 3 nitrogen and oxygen atoms in total. The average molecular weight is 323 g/mol. The van der Waals surface area contributed by atoms with Crippen LogP contribution in [0.1, 0.15) is 29.2 Å². The first-order valence-corrected chi connectivity index (χ1v) is 8.61. The fourth-order valence-corrected chi connectivity index (χ4v) is 4.00. The van der Waals surface area contributed by atoms with E-state index in [1.54, 1.807) is 11.3 Å². The number of carbonyl (C=O) groups is 1. The van der Waals surface area contributed by atoms with Gasteiger partial charge in [-0.2, -0.15) is 0 Å². The second-order valence-electron chi connectivity index (χ2n) is 5.90. The van der Waals surface area contributed by atoms with Gasteiger partial charge in [-0.05, 0) is 42.5 Å². The zero-order valence-electron chi connectivity index (χ0n) is 12.9. The molecule has 2 aromatic heterocycles. The van der Waals surface area contributed by atoms with E-state index in [4.69, 9.17) is 4.74 Å². The van der Waals surface area contributed by atoms with Crippen LogP contribution in [0.25, 0.3) is 21.3 Å². The van der Waals surface area contributed by atoms with Gasteiger partial charge in [-0.25, -0.2) is 0 Å². The van der Waals surface area contributed by atoms with Crippen LogP contribution in [0.5, 0.6) is 0 Å². The maximum atomic E-state index is 11.4. The molecule has 1 fully saturated rings. The van der Waals surface area contributed by atoms with Gasteiger partial charge in [0.2, 0.25) is 0 Å². The second kappa shape index (κ2) is 5.78. The molecule has 1 aromatic carbocycles. The predicted molar refractivity (Wildman–Crippen MR) is 92.8 cm³/mol. The molecular formula is C19H17NO2S. The van der Waals surface area contributed by atoms with Gasteiger partial charge in [0, 0.05) is 26.9 Å². The Morgan fingerprint density at radius 3 is 2.91 bits per heavy atom. The Labute approximate surface area is 138 Å². The lowest BCUT2D eigenvalue weighted by molar-refractivity contribution is -0.139. The summed E-state index contributed by atoms with van der Waals surface area (Å²) in [6.45, 7) is 0. The Kier molecular flexibility index (Phi) is 3.62. The molecule has 23 heavy (non-hydrogen) atoms. The van der Waals surface area contributed by atoms with E-state index in [1.807, 2.05) is 18.3 Å². The molecule has 0 bridgehead atoms. The lowest BCUT2D eigenvalue weighted by atomic mass is 10.0. The molecule has 0 aliphatic heterocycles. The number of ether oxygens (including phenoxy) is 1. The molecule has 0 unspecified atom stereocenters. The normalized spacial score (nSPS) is 14.1. The van der Waals surface area contributed by atoms with E-state index in [1.165, 1.54) is 41.3 Å². The lowest BCUT2D eigenvalue weighted by Gasteiger charge is -2.08. The van der Waals surface area contributed by atoms with Gasteiger partial charge in [0.25, 0.3) is 0 Å². The molecule has 0 radical (unpaired) electrons. The summed E-state index contributed by atoms with van der Waals surface area (Å²) in [6, 6.07) is 12.7. The van der Waals surface area contributed by atoms with Crippen molar-refractivity contribution in [3.63, 3.8) is 0 Å². The van der Waals surface area contributed by atoms with Gasteiger partial charge < -0.3 is 4.74 Å². The minimum absolute atomic E-state index is 0.200. The van der Waals surface area contributed by atoms with Crippen molar-refractivity contribution in [2.24, 2.45) is 0 Å². The van der Waals surface area contributed by atoms with E-state index in [0.29, 0.717) is 12.3 Å². The van der Waals surface area contributed by atoms with Crippen LogP contribution in [0.4, 0.5) is 0 Å². The van der Waals surface area contributed by atoms with Crippen molar-refractivity contribution in [2.45, 2.75) is 25.2 Å². The molecule has 4 rings (SSSR count). The summed E-state index contributed by atoms with van der Waals surface area (Å²) >= 11 is 1.65. The lowest BCUT2D eigenvalue weighted by Crippen LogP contribution is -2.02. The monoisotopic (exact) mass is 323 g/mol. The topological polar surface area (TPSA) is 39.2 Å². The Balaban J connectivity index is 1.77. The number of aromatic nitrogens is 1. The number of benzene rings is 1. The van der Waals surface area contributed by atoms with Crippen LogP contribution >= 0.6 is 11.3 Å². The van der Waals surface area contributed by atoms with Crippen LogP contribution in [-0.4, -0.2) is 18.1 Å². The van der Waals surface area contributed by atoms with Gasteiger partial charge in [-0.1, -0.05) is 18.2 Å². The minimum Gasteiger partial charge on any atom is -0.469 e. The molecule has 1 aliphatic rings. The SMILES string of the molecule is COC(=O)Cc1ccc(-c2ccc(C3CC3)c3ncccc23)s1. The molecule has 0 amide bonds. The Morgan fingerprint density at radius 2 is 2.13 bits per heavy atom. The first-order chi connectivity index (χ1) is 11.3. The van der Waals surface area contributed by atoms with Gasteiger partial charge in [0.15, 0.2) is 0 Å². The number of fused-ring (bicyclic) bond motifs is 1. The highest BCUT2D eigenvalue weighted by Crippen LogP contribution is 2.44. The third kappa shape index (κ3) is 2.75. The molecule has 2 heterocycles. The van der Waals surface area contributed by atoms with Gasteiger partial charge in [0.05, 0.1) is 19.0 Å². The fourth-order valence-electron chi connectivity index (χ4n) is 2.97. The molecule has 0 spiro atoms. The van der Waals surface area contributed by atoms with Crippen molar-refractivity contribution < 1.29 is 9.53 Å². The maximum Gasteiger partial charge on any atom is 0.310 e. The smallest absolute Gasteiger partial charge is 0.310 e. The van der Waals surface area contributed by atoms with Crippen LogP contribution < -0.4 is 0 Å². The van der Waals surface area contributed by atoms with Gasteiger partial charge in [-0.3, -0.25) is 9.78 Å². The molecule has 0 saturated heterocycles. The largest absolute Gasteiger partial charge is 0.469 e. The Bertz CT molecular complexity index is 880. The second-order valence-corrected chi connectivity index (χ2v) is 7.06. The van der Waals surface area contributed by atoms with Gasteiger partial charge in [0.1, 0.15) is 0 Å². The average Bonchev–Trinajstić information content (AvgIpc) is 3.33. The van der Waals surface area contributed by atoms with Crippen LogP contribution in [0.15, 0.2) is 42.6 Å². The summed E-state index contributed by atoms with van der Waals surface area (Å²) in [5.41, 5.74) is 3.68. The number of carbonyl (C=O) groups excluding carboxylic acids is 1. The molecule has 1 aliphatic carbocycles. The van der Waals surface area contributed by atoms with Crippen LogP contribution in [-0.2, 0) is 16.0 Å². The number of esters is 1. The van der Waals surface area contributed by atoms with E-state index in [2.05, 4.69) is 29.2 Å². The van der Waals surface area contributed by atoms with Crippen molar-refractivity contribution in [1.29, 1.82) is 0 Å². The highest BCUT2D eigenvalue weighted by Gasteiger charge is 2.26. The molecule has 0 atom stereocenters. The molecule has 3 aromatic rings. The molecular weight excluding hydrogens is 306 g/mol. The standard InChI is InChI=1S/C19H17NO2S/c1-22-18(21)11-13-6-9-17(23-13)15-8-7-14(12-4-5-12)19-16(15)3-2-10-20-19/h2-3,6-10,12H,4-5,11H2,1H3. The van der Waals surface area contributed by atoms with Crippen LogP contribution in [0.3, 0.4) is 0 Å². The highest BCUT2D eigenvalue weighted by atomic mass is 32.1. The zero-order chi connectivity index (χ0) is 15.8. The summed E-state index contributed by atoms with van der Waals surface area (Å²) in [5.74, 6) is 0.480. The molecule has 4 heteroatoms. The number of hydrogen-bond acceptors (Lipinski definition) is 4. The number of hydrogen-bond donors (Lipinski definition) is 0. The quantitative estimate of drug-likeness (QED) is 0.661. The number of thiophene rings is 1. The van der Waals surface area contributed by atoms with E-state index in [0.717, 1.165) is 10.4 Å². The fraction of sp³-hybridized carbons (Fsp3) is 0.263. The third-order valence-electron chi connectivity index (χ3n) is 4.29. The van der Waals surface area contributed by atoms with Crippen molar-refractivity contribution >= 4 is 28.2 Å². The van der Waals surface area contributed by atoms with Crippen molar-refractivity contribution in [3.05, 3.63) is 53.0 Å². The van der Waals surface area contributed by atoms with E-state index >= 15 is 0 Å². The van der Waals surface area contributed by atoms with E-state index in [-0.39, 0.29) is 5.97 Å². The van der Waals surface area contributed by atoms with Crippen molar-refractivity contribution in [1.82, 2.24) is 4.98 Å². The summed E-state index contributed by atoms with van der Waals surface area (Å²) in [6.07, 6.45) is 4.74. The predicted octanol–water partition coefficient (Wildman–Crippen LogP) is 4.56. The highest BCUT2D eigenvalue weighted by molar-refractivity contribution is 7.15. The number of rotatable bonds is 4. The Morgan fingerprint density at radius 1 is 1.26 bits per heavy atom. The summed E-state index contributed by atoms with van der Waals surface area (Å²) in [4.78, 5) is 18.3. The zero-order valence-corrected chi connectivity index (χ0v) is 13.7. The first-order valence-electron chi connectivity index (χ1n) is 7.80. The minimum atomic E-state index is -0.200. The number of pyridine rings is 1. The van der Waals surface area contributed by atoms with Gasteiger partial charge >= 0.3 is 5.97 Å². The molecule has 0 N–H and O–H groups in total. The van der Waals surface area contributed by atoms with Crippen molar-refractivity contribution in [2.75, 3.05) is 7.11 Å². The summed E-state index contributed by atoms with van der Waals surface area (Å²) < 4.78 is 4.75. The van der Waals surface area contributed by atoms with Crippen LogP contribution in [0, 0.1) is 0 Å². The third-order valence-corrected chi connectivity index (χ3v) is 5.41. The van der Waals surface area contributed by atoms with E-state index in [9.17, 15) is 4.79 Å². The maximum absolute atomic E-state index is 11.4.